The molecule has 15 rings (SSSR count). The third-order valence-electron chi connectivity index (χ3n) is 19.0. The van der Waals surface area contributed by atoms with Gasteiger partial charge in [0, 0.05) is 57.8 Å². The lowest BCUT2D eigenvalue weighted by Gasteiger charge is -2.29. The Labute approximate surface area is 571 Å². The lowest BCUT2D eigenvalue weighted by molar-refractivity contribution is -0.595. The predicted molar refractivity (Wildman–Crippen MR) is 390 cm³/mol. The van der Waals surface area contributed by atoms with Crippen LogP contribution in [-0.4, -0.2) is 4.57 Å². The van der Waals surface area contributed by atoms with E-state index in [1.165, 1.54) is 100 Å². The Kier molecular flexibility index (Phi) is 18.9. The normalized spacial score (nSPS) is 11.4. The van der Waals surface area contributed by atoms with Crippen LogP contribution in [0.25, 0.3) is 11.4 Å². The summed E-state index contributed by atoms with van der Waals surface area (Å²) < 4.78 is 4.95. The maximum absolute atomic E-state index is 2.56. The molecular weight excluding hydrogens is 1180 g/mol. The maximum atomic E-state index is 2.56. The van der Waals surface area contributed by atoms with Crippen LogP contribution in [0.5, 0.6) is 0 Å². The Bertz CT molecular complexity index is 4140. The second-order valence-corrected chi connectivity index (χ2v) is 24.9. The van der Waals surface area contributed by atoms with Gasteiger partial charge in [0.1, 0.15) is 23.8 Å². The van der Waals surface area contributed by atoms with Gasteiger partial charge >= 0.3 is 0 Å². The van der Waals surface area contributed by atoms with Crippen molar-refractivity contribution in [1.29, 1.82) is 0 Å². The lowest BCUT2D eigenvalue weighted by atomic mass is 9.75. The molecule has 3 heteroatoms. The molecular formula is C93H73ClN2. The number of nitrogens with zero attached hydrogens (tertiary/aromatic N) is 2. The third kappa shape index (κ3) is 13.0. The molecule has 0 radical (unpaired) electrons. The maximum Gasteiger partial charge on any atom is 0.254 e. The van der Waals surface area contributed by atoms with Crippen molar-refractivity contribution in [3.05, 3.63) is 507 Å². The summed E-state index contributed by atoms with van der Waals surface area (Å²) in [5.74, 6) is -0.973. The summed E-state index contributed by atoms with van der Waals surface area (Å²) in [7, 11) is 0. The standard InChI is InChI=1S/C93H73N2.ClH/c1-13-37-68(38-14-1)86(69-39-15-2-16-40-69)80-63-82(88(72-45-21-5-22-46-72)73-47-23-6-24-48-73)92(83(64-80)89(74-49-25-7-26-50-74)75-51-27-8-28-52-75)94-61-62-95(67-94)93-84(90(76-53-29-9-30-54-76)77-55-31-10-32-56-77)65-81(87(70-41-17-3-18-42-70)71-43-19-4-20-44-71)66-85(93)91(78-57-33-11-34-58-78)79-59-35-12-36-60-79;/h1-67,86-91H;1H/q+1;/p-1. The summed E-state index contributed by atoms with van der Waals surface area (Å²) in [4.78, 5) is 0. The largest absolute Gasteiger partial charge is 1.00 e. The highest BCUT2D eigenvalue weighted by Crippen LogP contribution is 2.48. The highest BCUT2D eigenvalue weighted by Gasteiger charge is 2.37. The number of hydrogen-bond donors (Lipinski definition) is 0. The quantitative estimate of drug-likeness (QED) is 0.0531. The molecule has 0 aliphatic heterocycles. The van der Waals surface area contributed by atoms with Crippen LogP contribution in [0, 0.1) is 0 Å². The monoisotopic (exact) mass is 1250 g/mol. The first kappa shape index (κ1) is 62.1. The molecule has 0 aliphatic rings. The fourth-order valence-corrected chi connectivity index (χ4v) is 14.9. The van der Waals surface area contributed by atoms with Crippen LogP contribution in [0.2, 0.25) is 0 Å². The van der Waals surface area contributed by atoms with Gasteiger partial charge in [0.15, 0.2) is 0 Å². The highest BCUT2D eigenvalue weighted by atomic mass is 35.5. The molecule has 1 heterocycles. The van der Waals surface area contributed by atoms with Crippen LogP contribution in [-0.2, 0) is 0 Å². The van der Waals surface area contributed by atoms with Crippen molar-refractivity contribution in [3.63, 3.8) is 0 Å². The average Bonchev–Trinajstić information content (AvgIpc) is 1.18. The van der Waals surface area contributed by atoms with E-state index in [0.29, 0.717) is 0 Å². The summed E-state index contributed by atoms with van der Waals surface area (Å²) in [5.41, 5.74) is 24.1. The van der Waals surface area contributed by atoms with Gasteiger partial charge in [-0.1, -0.05) is 364 Å². The van der Waals surface area contributed by atoms with Crippen molar-refractivity contribution < 1.29 is 17.0 Å². The molecule has 0 amide bonds. The van der Waals surface area contributed by atoms with Gasteiger partial charge in [-0.15, -0.1) is 0 Å². The average molecular weight is 1250 g/mol. The smallest absolute Gasteiger partial charge is 0.254 e. The first-order valence-electron chi connectivity index (χ1n) is 33.2. The van der Waals surface area contributed by atoms with E-state index in [-0.39, 0.29) is 47.9 Å². The number of imidazole rings is 1. The van der Waals surface area contributed by atoms with Crippen LogP contribution in [0.4, 0.5) is 0 Å². The summed E-state index contributed by atoms with van der Waals surface area (Å²) in [5, 5.41) is 0. The van der Waals surface area contributed by atoms with Crippen LogP contribution in [0.15, 0.2) is 407 Å². The topological polar surface area (TPSA) is 8.81 Å². The zero-order chi connectivity index (χ0) is 63.5. The minimum absolute atomic E-state index is 0. The Morgan fingerprint density at radius 3 is 0.583 bits per heavy atom. The molecule has 15 aromatic rings. The summed E-state index contributed by atoms with van der Waals surface area (Å²) in [6, 6.07) is 144. The second-order valence-electron chi connectivity index (χ2n) is 24.9. The van der Waals surface area contributed by atoms with Crippen LogP contribution in [0.1, 0.15) is 136 Å². The minimum atomic E-state index is -0.194. The molecule has 462 valence electrons. The number of aromatic nitrogens is 2. The minimum Gasteiger partial charge on any atom is -1.00 e. The SMILES string of the molecule is [Cl-].c1ccc(C(c2ccccc2)c2cc(C(c3ccccc3)c3ccccc3)c(-n3cc[n+](-c4c(C(c5ccccc5)c5ccccc5)cc(C(c5ccccc5)c5ccccc5)cc4C(c4ccccc4)c4ccccc4)c3)c(C(c3ccccc3)c3ccccc3)c2)cc1. The van der Waals surface area contributed by atoms with E-state index in [1.54, 1.807) is 0 Å². The van der Waals surface area contributed by atoms with Gasteiger partial charge in [-0.3, -0.25) is 0 Å². The molecule has 0 aliphatic carbocycles. The van der Waals surface area contributed by atoms with E-state index in [2.05, 4.69) is 416 Å². The van der Waals surface area contributed by atoms with Gasteiger partial charge in [0.2, 0.25) is 0 Å². The van der Waals surface area contributed by atoms with Gasteiger partial charge in [-0.05, 0) is 102 Å². The molecule has 0 saturated heterocycles. The van der Waals surface area contributed by atoms with E-state index in [9.17, 15) is 0 Å². The van der Waals surface area contributed by atoms with E-state index < -0.39 is 0 Å². The fourth-order valence-electron chi connectivity index (χ4n) is 14.9. The zero-order valence-corrected chi connectivity index (χ0v) is 54.2. The number of hydrogen-bond acceptors (Lipinski definition) is 0. The highest BCUT2D eigenvalue weighted by molar-refractivity contribution is 5.66. The summed E-state index contributed by atoms with van der Waals surface area (Å²) >= 11 is 0. The number of halogens is 1. The van der Waals surface area contributed by atoms with Gasteiger partial charge in [0.25, 0.3) is 6.33 Å². The molecule has 0 saturated carbocycles. The van der Waals surface area contributed by atoms with Crippen molar-refractivity contribution in [3.8, 4) is 11.4 Å². The van der Waals surface area contributed by atoms with E-state index >= 15 is 0 Å². The molecule has 0 N–H and O–H groups in total. The van der Waals surface area contributed by atoms with Crippen molar-refractivity contribution >= 4 is 0 Å². The van der Waals surface area contributed by atoms with Gasteiger partial charge in [-0.25, -0.2) is 9.13 Å². The van der Waals surface area contributed by atoms with Crippen molar-refractivity contribution in [1.82, 2.24) is 4.57 Å². The van der Waals surface area contributed by atoms with Crippen LogP contribution in [0.3, 0.4) is 0 Å². The summed E-state index contributed by atoms with van der Waals surface area (Å²) in [6.45, 7) is 0. The number of benzene rings is 14. The molecule has 1 aromatic heterocycles. The molecule has 96 heavy (non-hydrogen) atoms. The van der Waals surface area contributed by atoms with Crippen LogP contribution < -0.4 is 17.0 Å². The van der Waals surface area contributed by atoms with Crippen LogP contribution >= 0.6 is 0 Å². The molecule has 0 spiro atoms. The van der Waals surface area contributed by atoms with Crippen molar-refractivity contribution in [2.75, 3.05) is 0 Å². The van der Waals surface area contributed by atoms with Gasteiger partial charge in [-0.2, -0.15) is 0 Å². The number of rotatable bonds is 20. The molecule has 0 bridgehead atoms. The Morgan fingerprint density at radius 1 is 0.198 bits per heavy atom. The Morgan fingerprint density at radius 2 is 0.375 bits per heavy atom. The third-order valence-corrected chi connectivity index (χ3v) is 19.0. The first-order valence-corrected chi connectivity index (χ1v) is 33.2. The fraction of sp³-hybridized carbons (Fsp3) is 0.0645. The van der Waals surface area contributed by atoms with Gasteiger partial charge < -0.3 is 12.4 Å². The first-order chi connectivity index (χ1) is 47.2. The van der Waals surface area contributed by atoms with Crippen molar-refractivity contribution in [2.45, 2.75) is 35.5 Å². The molecule has 0 unspecified atom stereocenters. The Hall–Kier alpha value is -11.4. The van der Waals surface area contributed by atoms with E-state index in [1.807, 2.05) is 0 Å². The van der Waals surface area contributed by atoms with Gasteiger partial charge in [0.05, 0.1) is 0 Å². The van der Waals surface area contributed by atoms with Crippen molar-refractivity contribution in [2.24, 2.45) is 0 Å². The molecule has 2 nitrogen and oxygen atoms in total. The predicted octanol–water partition coefficient (Wildman–Crippen LogP) is 18.8. The Balaban J connectivity index is 0.00000792. The van der Waals surface area contributed by atoms with E-state index in [0.717, 1.165) is 11.4 Å². The van der Waals surface area contributed by atoms with E-state index in [4.69, 9.17) is 0 Å². The molecule has 0 fully saturated rings. The summed E-state index contributed by atoms with van der Waals surface area (Å²) in [6.07, 6.45) is 7.08. The lowest BCUT2D eigenvalue weighted by Crippen LogP contribution is -3.00. The second kappa shape index (κ2) is 29.3. The molecule has 14 aromatic carbocycles. The zero-order valence-electron chi connectivity index (χ0n) is 53.4. The molecule has 0 atom stereocenters.